The molecule has 1 unspecified atom stereocenters. The lowest BCUT2D eigenvalue weighted by molar-refractivity contribution is -0.157. The maximum atomic E-state index is 13.7. The minimum Gasteiger partial charge on any atom is -0.497 e. The Bertz CT molecular complexity index is 766. The Morgan fingerprint density at radius 2 is 1.70 bits per heavy atom. The Morgan fingerprint density at radius 3 is 2.30 bits per heavy atom. The van der Waals surface area contributed by atoms with Gasteiger partial charge in [0.1, 0.15) is 11.3 Å². The molecule has 2 heterocycles. The van der Waals surface area contributed by atoms with Crippen molar-refractivity contribution in [3.8, 4) is 5.75 Å². The molecule has 0 aromatic heterocycles. The molecular weight excluding hydrogens is 340 g/mol. The first-order chi connectivity index (χ1) is 13.1. The standard InChI is InChI=1S/C22H28N2O3/c1-27-18-8-4-16(5-9-18)21(12-13-21)19(25)24-15-3-11-22(24)10-2-14-23(20(22)26)17-6-7-17/h4-5,8-9,17H,2-3,6-7,10-15H2,1H3. The number of benzene rings is 1. The first-order valence-corrected chi connectivity index (χ1v) is 10.4. The topological polar surface area (TPSA) is 49.9 Å². The van der Waals surface area contributed by atoms with Crippen molar-refractivity contribution < 1.29 is 14.3 Å². The number of methoxy groups -OCH3 is 1. The molecule has 5 rings (SSSR count). The molecular formula is C22H28N2O3. The quantitative estimate of drug-likeness (QED) is 0.821. The van der Waals surface area contributed by atoms with E-state index in [9.17, 15) is 9.59 Å². The molecule has 0 bridgehead atoms. The maximum absolute atomic E-state index is 13.7. The summed E-state index contributed by atoms with van der Waals surface area (Å²) in [7, 11) is 1.65. The van der Waals surface area contributed by atoms with Crippen molar-refractivity contribution in [3.05, 3.63) is 29.8 Å². The number of amides is 2. The van der Waals surface area contributed by atoms with Gasteiger partial charge in [-0.2, -0.15) is 0 Å². The molecule has 4 fully saturated rings. The number of carbonyl (C=O) groups excluding carboxylic acids is 2. The van der Waals surface area contributed by atoms with Gasteiger partial charge in [0.25, 0.3) is 0 Å². The van der Waals surface area contributed by atoms with Crippen LogP contribution in [0, 0.1) is 0 Å². The zero-order valence-corrected chi connectivity index (χ0v) is 16.1. The summed E-state index contributed by atoms with van der Waals surface area (Å²) in [6, 6.07) is 8.34. The fourth-order valence-corrected chi connectivity index (χ4v) is 5.33. The predicted octanol–water partition coefficient (Wildman–Crippen LogP) is 2.87. The smallest absolute Gasteiger partial charge is 0.248 e. The molecule has 144 valence electrons. The Kier molecular flexibility index (Phi) is 3.78. The number of nitrogens with zero attached hydrogens (tertiary/aromatic N) is 2. The maximum Gasteiger partial charge on any atom is 0.248 e. The van der Waals surface area contributed by atoms with Gasteiger partial charge >= 0.3 is 0 Å². The zero-order chi connectivity index (χ0) is 18.6. The summed E-state index contributed by atoms with van der Waals surface area (Å²) in [6.45, 7) is 1.60. The molecule has 27 heavy (non-hydrogen) atoms. The summed E-state index contributed by atoms with van der Waals surface area (Å²) < 4.78 is 5.26. The van der Waals surface area contributed by atoms with Gasteiger partial charge in [0, 0.05) is 19.1 Å². The summed E-state index contributed by atoms with van der Waals surface area (Å²) in [5.74, 6) is 1.21. The van der Waals surface area contributed by atoms with Crippen LogP contribution >= 0.6 is 0 Å². The Morgan fingerprint density at radius 1 is 1.04 bits per heavy atom. The number of ether oxygens (including phenoxy) is 1. The van der Waals surface area contributed by atoms with Crippen molar-refractivity contribution in [1.29, 1.82) is 0 Å². The number of hydrogen-bond acceptors (Lipinski definition) is 3. The summed E-state index contributed by atoms with van der Waals surface area (Å²) in [5, 5.41) is 0. The second-order valence-corrected chi connectivity index (χ2v) is 8.74. The Hall–Kier alpha value is -2.04. The van der Waals surface area contributed by atoms with Crippen molar-refractivity contribution in [2.24, 2.45) is 0 Å². The van der Waals surface area contributed by atoms with Gasteiger partial charge in [-0.3, -0.25) is 9.59 Å². The predicted molar refractivity (Wildman–Crippen MR) is 102 cm³/mol. The number of carbonyl (C=O) groups is 2. The molecule has 2 saturated heterocycles. The van der Waals surface area contributed by atoms with Crippen LogP contribution in [0.3, 0.4) is 0 Å². The lowest BCUT2D eigenvalue weighted by Gasteiger charge is -2.45. The van der Waals surface area contributed by atoms with Gasteiger partial charge < -0.3 is 14.5 Å². The average Bonchev–Trinajstić information content (AvgIpc) is 3.62. The third-order valence-electron chi connectivity index (χ3n) is 7.17. The minimum absolute atomic E-state index is 0.177. The molecule has 4 aliphatic rings. The van der Waals surface area contributed by atoms with Crippen LogP contribution in [-0.2, 0) is 15.0 Å². The second kappa shape index (κ2) is 5.98. The average molecular weight is 368 g/mol. The van der Waals surface area contributed by atoms with Gasteiger partial charge in [-0.25, -0.2) is 0 Å². The third-order valence-corrected chi connectivity index (χ3v) is 7.17. The van der Waals surface area contributed by atoms with E-state index in [1.165, 1.54) is 0 Å². The highest BCUT2D eigenvalue weighted by Crippen LogP contribution is 2.53. The van der Waals surface area contributed by atoms with Crippen molar-refractivity contribution in [1.82, 2.24) is 9.80 Å². The normalized spacial score (nSPS) is 29.3. The number of likely N-dealkylation sites (tertiary alicyclic amines) is 2. The molecule has 1 aromatic rings. The van der Waals surface area contributed by atoms with Crippen molar-refractivity contribution in [3.63, 3.8) is 0 Å². The van der Waals surface area contributed by atoms with E-state index in [1.807, 2.05) is 29.2 Å². The lowest BCUT2D eigenvalue weighted by atomic mass is 9.83. The van der Waals surface area contributed by atoms with Gasteiger partial charge in [0.2, 0.25) is 11.8 Å². The molecule has 5 nitrogen and oxygen atoms in total. The van der Waals surface area contributed by atoms with E-state index in [-0.39, 0.29) is 11.8 Å². The zero-order valence-electron chi connectivity index (χ0n) is 16.1. The number of piperidine rings is 1. The van der Waals surface area contributed by atoms with Crippen LogP contribution in [0.2, 0.25) is 0 Å². The molecule has 1 aromatic carbocycles. The number of hydrogen-bond donors (Lipinski definition) is 0. The Labute approximate surface area is 160 Å². The molecule has 2 aliphatic carbocycles. The van der Waals surface area contributed by atoms with Crippen LogP contribution in [0.25, 0.3) is 0 Å². The summed E-state index contributed by atoms with van der Waals surface area (Å²) in [4.78, 5) is 31.2. The van der Waals surface area contributed by atoms with Crippen molar-refractivity contribution in [2.45, 2.75) is 68.4 Å². The van der Waals surface area contributed by atoms with E-state index in [1.54, 1.807) is 7.11 Å². The van der Waals surface area contributed by atoms with Crippen LogP contribution in [0.1, 0.15) is 56.9 Å². The van der Waals surface area contributed by atoms with Gasteiger partial charge in [0.15, 0.2) is 0 Å². The monoisotopic (exact) mass is 368 g/mol. The SMILES string of the molecule is COc1ccc(C2(C(=O)N3CCCC34CCCN(C3CC3)C4=O)CC2)cc1. The highest BCUT2D eigenvalue weighted by Gasteiger charge is 2.61. The van der Waals surface area contributed by atoms with E-state index in [2.05, 4.69) is 4.90 Å². The molecule has 2 aliphatic heterocycles. The van der Waals surface area contributed by atoms with Gasteiger partial charge in [-0.1, -0.05) is 12.1 Å². The van der Waals surface area contributed by atoms with E-state index in [0.29, 0.717) is 6.04 Å². The summed E-state index contributed by atoms with van der Waals surface area (Å²) >= 11 is 0. The van der Waals surface area contributed by atoms with E-state index in [0.717, 1.165) is 75.8 Å². The molecule has 2 amide bonds. The fourth-order valence-electron chi connectivity index (χ4n) is 5.33. The van der Waals surface area contributed by atoms with Crippen molar-refractivity contribution >= 4 is 11.8 Å². The van der Waals surface area contributed by atoms with Crippen LogP contribution in [0.15, 0.2) is 24.3 Å². The van der Waals surface area contributed by atoms with Crippen molar-refractivity contribution in [2.75, 3.05) is 20.2 Å². The molecule has 0 radical (unpaired) electrons. The molecule has 5 heteroatoms. The van der Waals surface area contributed by atoms with E-state index < -0.39 is 11.0 Å². The van der Waals surface area contributed by atoms with Crippen LogP contribution in [0.5, 0.6) is 5.75 Å². The first-order valence-electron chi connectivity index (χ1n) is 10.4. The lowest BCUT2D eigenvalue weighted by Crippen LogP contribution is -2.63. The molecule has 1 spiro atoms. The van der Waals surface area contributed by atoms with Crippen LogP contribution < -0.4 is 4.74 Å². The highest BCUT2D eigenvalue weighted by atomic mass is 16.5. The van der Waals surface area contributed by atoms with Gasteiger partial charge in [-0.05, 0) is 69.1 Å². The van der Waals surface area contributed by atoms with E-state index >= 15 is 0 Å². The third kappa shape index (κ3) is 2.50. The fraction of sp³-hybridized carbons (Fsp3) is 0.636. The summed E-state index contributed by atoms with van der Waals surface area (Å²) in [6.07, 6.45) is 7.64. The van der Waals surface area contributed by atoms with Gasteiger partial charge in [-0.15, -0.1) is 0 Å². The summed E-state index contributed by atoms with van der Waals surface area (Å²) in [5.41, 5.74) is 0.0730. The van der Waals surface area contributed by atoms with Gasteiger partial charge in [0.05, 0.1) is 12.5 Å². The van der Waals surface area contributed by atoms with Crippen LogP contribution in [0.4, 0.5) is 0 Å². The molecule has 0 N–H and O–H groups in total. The first kappa shape index (κ1) is 17.1. The largest absolute Gasteiger partial charge is 0.497 e. The van der Waals surface area contributed by atoms with Crippen LogP contribution in [-0.4, -0.2) is 53.4 Å². The second-order valence-electron chi connectivity index (χ2n) is 8.74. The minimum atomic E-state index is -0.569. The highest BCUT2D eigenvalue weighted by molar-refractivity contribution is 5.98. The number of rotatable bonds is 4. The molecule has 2 saturated carbocycles. The molecule has 1 atom stereocenters. The Balaban J connectivity index is 1.44. The van der Waals surface area contributed by atoms with E-state index in [4.69, 9.17) is 4.74 Å².